The summed E-state index contributed by atoms with van der Waals surface area (Å²) >= 11 is 7.18. The van der Waals surface area contributed by atoms with Crippen LogP contribution < -0.4 is 14.5 Å². The van der Waals surface area contributed by atoms with Gasteiger partial charge in [0.1, 0.15) is 5.75 Å². The van der Waals surface area contributed by atoms with Gasteiger partial charge < -0.3 is 9.64 Å². The maximum absolute atomic E-state index is 13.1. The Kier molecular flexibility index (Phi) is 7.12. The van der Waals surface area contributed by atoms with Gasteiger partial charge in [-0.3, -0.25) is 29.3 Å². The zero-order valence-electron chi connectivity index (χ0n) is 20.2. The first-order chi connectivity index (χ1) is 18.0. The lowest BCUT2D eigenvalue weighted by atomic mass is 9.81. The fourth-order valence-corrected chi connectivity index (χ4v) is 6.58. The molecule has 3 amide bonds. The summed E-state index contributed by atoms with van der Waals surface area (Å²) in [5.41, 5.74) is 1.45. The number of alkyl halides is 2. The van der Waals surface area contributed by atoms with E-state index in [1.54, 1.807) is 19.1 Å². The molecule has 0 unspecified atom stereocenters. The molecule has 12 heteroatoms. The lowest BCUT2D eigenvalue weighted by molar-refractivity contribution is -0.384. The van der Waals surface area contributed by atoms with Crippen LogP contribution in [-0.4, -0.2) is 44.8 Å². The molecule has 0 bridgehead atoms. The minimum Gasteiger partial charge on any atom is -0.426 e. The molecule has 3 fully saturated rings. The van der Waals surface area contributed by atoms with Crippen molar-refractivity contribution in [2.75, 3.05) is 16.3 Å². The summed E-state index contributed by atoms with van der Waals surface area (Å²) in [6, 6.07) is 10.3. The van der Waals surface area contributed by atoms with Gasteiger partial charge in [-0.05, 0) is 55.7 Å². The molecule has 2 heterocycles. The number of hydrogen-bond donors (Lipinski definition) is 0. The fraction of sp³-hybridized carbons (Fsp3) is 0.385. The van der Waals surface area contributed by atoms with Gasteiger partial charge in [-0.25, -0.2) is 4.90 Å². The minimum atomic E-state index is -0.711. The Morgan fingerprint density at radius 3 is 2.16 bits per heavy atom. The van der Waals surface area contributed by atoms with E-state index < -0.39 is 16.8 Å². The van der Waals surface area contributed by atoms with E-state index in [1.165, 1.54) is 40.1 Å². The maximum atomic E-state index is 13.1. The van der Waals surface area contributed by atoms with Gasteiger partial charge in [0.05, 0.1) is 28.4 Å². The van der Waals surface area contributed by atoms with Crippen LogP contribution in [0.3, 0.4) is 0 Å². The molecule has 198 valence electrons. The highest BCUT2D eigenvalue weighted by atomic mass is 79.9. The van der Waals surface area contributed by atoms with Crippen molar-refractivity contribution in [3.05, 3.63) is 58.1 Å². The molecule has 1 aliphatic carbocycles. The van der Waals surface area contributed by atoms with Crippen LogP contribution in [0.2, 0.25) is 0 Å². The van der Waals surface area contributed by atoms with Crippen molar-refractivity contribution in [2.45, 2.75) is 35.8 Å². The molecule has 1 saturated carbocycles. The predicted molar refractivity (Wildman–Crippen MR) is 145 cm³/mol. The van der Waals surface area contributed by atoms with Crippen molar-refractivity contribution in [3.63, 3.8) is 0 Å². The number of nitrogens with zero attached hydrogens (tertiary/aromatic N) is 3. The molecule has 10 nitrogen and oxygen atoms in total. The van der Waals surface area contributed by atoms with Crippen molar-refractivity contribution in [1.82, 2.24) is 0 Å². The Morgan fingerprint density at radius 1 is 1.00 bits per heavy atom. The van der Waals surface area contributed by atoms with Gasteiger partial charge in [-0.1, -0.05) is 31.9 Å². The number of hydrogen-bond acceptors (Lipinski definition) is 7. The van der Waals surface area contributed by atoms with E-state index in [4.69, 9.17) is 4.74 Å². The molecule has 5 atom stereocenters. The number of ether oxygens (including phenoxy) is 1. The van der Waals surface area contributed by atoms with E-state index in [2.05, 4.69) is 31.9 Å². The van der Waals surface area contributed by atoms with Crippen molar-refractivity contribution >= 4 is 72.6 Å². The monoisotopic (exact) mass is 647 g/mol. The summed E-state index contributed by atoms with van der Waals surface area (Å²) < 4.78 is 5.55. The third-order valence-corrected chi connectivity index (χ3v) is 10.1. The minimum absolute atomic E-state index is 0.0461. The van der Waals surface area contributed by atoms with E-state index in [1.807, 2.05) is 0 Å². The third kappa shape index (κ3) is 4.75. The van der Waals surface area contributed by atoms with E-state index in [0.717, 1.165) is 0 Å². The van der Waals surface area contributed by atoms with Crippen LogP contribution in [0.25, 0.3) is 0 Å². The van der Waals surface area contributed by atoms with Crippen LogP contribution in [0.5, 0.6) is 5.75 Å². The normalized spacial score (nSPS) is 27.0. The van der Waals surface area contributed by atoms with Crippen LogP contribution in [0.15, 0.2) is 42.5 Å². The Balaban J connectivity index is 1.26. The number of non-ortho nitro benzene ring substituents is 1. The number of carbonyl (C=O) groups is 4. The molecule has 38 heavy (non-hydrogen) atoms. The molecule has 2 aromatic carbocycles. The molecule has 2 aromatic rings. The standard InChI is InChI=1S/C26H23Br2N3O7/c1-13-8-17(6-7-22(13)30-24(33)18-10-20(27)21(28)11-19(18)25(30)34)38-26(35)14-9-23(32)29(12-14)15-2-4-16(5-3-15)31(36)37/h2-8,14,18-21H,9-12H2,1H3/t14-,18-,19+,20+,21-/m1/s1. The number of rotatable bonds is 5. The van der Waals surface area contributed by atoms with Gasteiger partial charge in [0.15, 0.2) is 0 Å². The first-order valence-corrected chi connectivity index (χ1v) is 13.9. The third-order valence-electron chi connectivity index (χ3n) is 7.37. The van der Waals surface area contributed by atoms with Crippen molar-refractivity contribution in [1.29, 1.82) is 0 Å². The van der Waals surface area contributed by atoms with Crippen LogP contribution >= 0.6 is 31.9 Å². The highest BCUT2D eigenvalue weighted by Gasteiger charge is 2.52. The topological polar surface area (TPSA) is 127 Å². The van der Waals surface area contributed by atoms with E-state index in [0.29, 0.717) is 29.8 Å². The summed E-state index contributed by atoms with van der Waals surface area (Å²) in [6.07, 6.45) is 1.11. The Morgan fingerprint density at radius 2 is 1.61 bits per heavy atom. The highest BCUT2D eigenvalue weighted by Crippen LogP contribution is 2.45. The highest BCUT2D eigenvalue weighted by molar-refractivity contribution is 9.12. The summed E-state index contributed by atoms with van der Waals surface area (Å²) in [4.78, 5) is 64.9. The molecular weight excluding hydrogens is 626 g/mol. The number of nitro groups is 1. The van der Waals surface area contributed by atoms with E-state index in [-0.39, 0.29) is 63.6 Å². The fourth-order valence-electron chi connectivity index (χ4n) is 5.34. The average molecular weight is 649 g/mol. The summed E-state index contributed by atoms with van der Waals surface area (Å²) in [5, 5.41) is 10.9. The number of esters is 1. The Labute approximate surface area is 234 Å². The van der Waals surface area contributed by atoms with Gasteiger partial charge in [0.2, 0.25) is 17.7 Å². The van der Waals surface area contributed by atoms with Crippen LogP contribution in [0.4, 0.5) is 17.1 Å². The number of halogens is 2. The molecule has 0 N–H and O–H groups in total. The zero-order valence-corrected chi connectivity index (χ0v) is 23.4. The number of carbonyl (C=O) groups excluding carboxylic acids is 4. The molecule has 0 aromatic heterocycles. The van der Waals surface area contributed by atoms with Gasteiger partial charge in [-0.15, -0.1) is 0 Å². The first-order valence-electron chi connectivity index (χ1n) is 12.1. The van der Waals surface area contributed by atoms with Crippen molar-refractivity contribution in [2.24, 2.45) is 17.8 Å². The number of fused-ring (bicyclic) bond motifs is 1. The van der Waals surface area contributed by atoms with E-state index in [9.17, 15) is 29.3 Å². The summed E-state index contributed by atoms with van der Waals surface area (Å²) in [7, 11) is 0. The average Bonchev–Trinajstić information content (AvgIpc) is 3.37. The second-order valence-electron chi connectivity index (χ2n) is 9.78. The van der Waals surface area contributed by atoms with E-state index >= 15 is 0 Å². The predicted octanol–water partition coefficient (Wildman–Crippen LogP) is 4.29. The van der Waals surface area contributed by atoms with Gasteiger partial charge in [0.25, 0.3) is 5.69 Å². The lowest BCUT2D eigenvalue weighted by Crippen LogP contribution is -2.34. The lowest BCUT2D eigenvalue weighted by Gasteiger charge is -2.29. The second-order valence-corrected chi connectivity index (χ2v) is 12.1. The molecule has 0 spiro atoms. The summed E-state index contributed by atoms with van der Waals surface area (Å²) in [6.45, 7) is 1.83. The van der Waals surface area contributed by atoms with Crippen LogP contribution in [-0.2, 0) is 19.2 Å². The zero-order chi connectivity index (χ0) is 27.3. The second kappa shape index (κ2) is 10.2. The van der Waals surface area contributed by atoms with Crippen LogP contribution in [0, 0.1) is 34.8 Å². The first kappa shape index (κ1) is 26.5. The molecule has 2 saturated heterocycles. The number of imide groups is 1. The van der Waals surface area contributed by atoms with Crippen LogP contribution in [0.1, 0.15) is 24.8 Å². The van der Waals surface area contributed by atoms with Crippen molar-refractivity contribution < 1.29 is 28.8 Å². The largest absolute Gasteiger partial charge is 0.426 e. The van der Waals surface area contributed by atoms with Gasteiger partial charge >= 0.3 is 5.97 Å². The van der Waals surface area contributed by atoms with Crippen molar-refractivity contribution in [3.8, 4) is 5.75 Å². The number of nitro benzene ring substituents is 1. The molecule has 0 radical (unpaired) electrons. The maximum Gasteiger partial charge on any atom is 0.316 e. The Bertz CT molecular complexity index is 1320. The summed E-state index contributed by atoms with van der Waals surface area (Å²) in [5.74, 6) is -2.49. The van der Waals surface area contributed by atoms with Gasteiger partial charge in [-0.2, -0.15) is 0 Å². The molecule has 5 rings (SSSR count). The molecule has 3 aliphatic rings. The number of benzene rings is 2. The quantitative estimate of drug-likeness (QED) is 0.118. The smallest absolute Gasteiger partial charge is 0.316 e. The molecule has 2 aliphatic heterocycles. The number of amides is 3. The SMILES string of the molecule is Cc1cc(OC(=O)[C@@H]2CC(=O)N(c3ccc([N+](=O)[O-])cc3)C2)ccc1N1C(=O)[C@H]2C[C@@H](Br)[C@@H](Br)C[C@H]2C1=O. The number of anilines is 2. The van der Waals surface area contributed by atoms with Gasteiger partial charge in [0, 0.05) is 40.4 Å². The Hall–Kier alpha value is -3.12. The molecular formula is C26H23Br2N3O7. The number of aryl methyl sites for hydroxylation is 1.